The molecule has 6 N–H and O–H groups in total. The van der Waals surface area contributed by atoms with Crippen molar-refractivity contribution in [2.24, 2.45) is 0 Å². The van der Waals surface area contributed by atoms with Gasteiger partial charge in [-0.15, -0.1) is 0 Å². The number of carboxylic acids is 1. The van der Waals surface area contributed by atoms with E-state index in [0.29, 0.717) is 4.90 Å². The molecule has 0 saturated carbocycles. The molecule has 0 aromatic rings. The van der Waals surface area contributed by atoms with Gasteiger partial charge in [0, 0.05) is 20.3 Å². The van der Waals surface area contributed by atoms with Gasteiger partial charge in [-0.25, -0.2) is 4.79 Å². The molecule has 2 amide bonds. The van der Waals surface area contributed by atoms with Crippen LogP contribution in [0.2, 0.25) is 0 Å². The molecule has 0 radical (unpaired) electrons. The minimum Gasteiger partial charge on any atom is -0.477 e. The molecule has 0 bridgehead atoms. The number of aliphatic hydroxyl groups is 5. The van der Waals surface area contributed by atoms with E-state index in [1.165, 1.54) is 0 Å². The van der Waals surface area contributed by atoms with Gasteiger partial charge in [-0.05, 0) is 0 Å². The number of ether oxygens (including phenoxy) is 1. The second-order valence-corrected chi connectivity index (χ2v) is 5.58. The van der Waals surface area contributed by atoms with Gasteiger partial charge in [0.1, 0.15) is 18.3 Å². The van der Waals surface area contributed by atoms with Crippen molar-refractivity contribution in [3.8, 4) is 0 Å². The fourth-order valence-corrected chi connectivity index (χ4v) is 2.66. The van der Waals surface area contributed by atoms with Crippen molar-refractivity contribution >= 4 is 17.8 Å². The van der Waals surface area contributed by atoms with Crippen molar-refractivity contribution in [1.29, 1.82) is 0 Å². The molecular weight excluding hydrogens is 330 g/mol. The van der Waals surface area contributed by atoms with E-state index in [-0.39, 0.29) is 0 Å². The summed E-state index contributed by atoms with van der Waals surface area (Å²) in [6, 6.07) is -1.57. The highest BCUT2D eigenvalue weighted by Crippen LogP contribution is 2.33. The summed E-state index contributed by atoms with van der Waals surface area (Å²) in [6.07, 6.45) is -8.34. The first-order valence-corrected chi connectivity index (χ1v) is 7.05. The molecule has 1 saturated heterocycles. The lowest BCUT2D eigenvalue weighted by atomic mass is 9.87. The molecule has 1 unspecified atom stereocenters. The predicted octanol–water partition coefficient (Wildman–Crippen LogP) is -3.61. The van der Waals surface area contributed by atoms with E-state index < -0.39 is 67.1 Å². The summed E-state index contributed by atoms with van der Waals surface area (Å²) < 4.78 is 4.91. The van der Waals surface area contributed by atoms with Crippen LogP contribution in [-0.4, -0.2) is 96.2 Å². The van der Waals surface area contributed by atoms with Crippen LogP contribution >= 0.6 is 0 Å². The number of imide groups is 1. The number of amides is 2. The average Bonchev–Trinajstić information content (AvgIpc) is 2.47. The number of nitrogens with zero attached hydrogens (tertiary/aromatic N) is 1. The quantitative estimate of drug-likeness (QED) is 0.289. The number of carbonyl (C=O) groups excluding carboxylic acids is 2. The second-order valence-electron chi connectivity index (χ2n) is 5.58. The molecular formula is C13H21NO10. The first-order chi connectivity index (χ1) is 11.0. The van der Waals surface area contributed by atoms with Crippen LogP contribution in [0.5, 0.6) is 0 Å². The fourth-order valence-electron chi connectivity index (χ4n) is 2.66. The topological polar surface area (TPSA) is 185 Å². The first-order valence-electron chi connectivity index (χ1n) is 7.05. The van der Waals surface area contributed by atoms with E-state index in [9.17, 15) is 34.8 Å². The molecule has 6 atom stereocenters. The van der Waals surface area contributed by atoms with Gasteiger partial charge in [-0.2, -0.15) is 0 Å². The van der Waals surface area contributed by atoms with E-state index >= 15 is 0 Å². The van der Waals surface area contributed by atoms with Gasteiger partial charge in [0.2, 0.25) is 11.8 Å². The monoisotopic (exact) mass is 351 g/mol. The number of carbonyl (C=O) groups is 3. The van der Waals surface area contributed by atoms with Gasteiger partial charge >= 0.3 is 5.97 Å². The van der Waals surface area contributed by atoms with Gasteiger partial charge < -0.3 is 35.4 Å². The molecule has 1 aliphatic heterocycles. The third kappa shape index (κ3) is 3.88. The number of rotatable bonds is 5. The molecule has 24 heavy (non-hydrogen) atoms. The molecule has 11 heteroatoms. The Kier molecular flexibility index (Phi) is 6.38. The molecule has 0 aromatic heterocycles. The molecule has 1 aliphatic rings. The van der Waals surface area contributed by atoms with Gasteiger partial charge in [0.25, 0.3) is 5.79 Å². The van der Waals surface area contributed by atoms with E-state index in [1.54, 1.807) is 0 Å². The maximum absolute atomic E-state index is 11.7. The Labute approximate surface area is 136 Å². The SMILES string of the molecule is CC(=O)N(C(C)=O)[C@H]1[C@H]([C@H](O)[C@H](O)CO)OC(O)(C(=O)O)C[C@@H]1O. The Morgan fingerprint density at radius 2 is 1.75 bits per heavy atom. The van der Waals surface area contributed by atoms with Crippen molar-refractivity contribution in [1.82, 2.24) is 4.90 Å². The fraction of sp³-hybridized carbons (Fsp3) is 0.769. The van der Waals surface area contributed by atoms with Crippen LogP contribution < -0.4 is 0 Å². The van der Waals surface area contributed by atoms with Crippen molar-refractivity contribution in [3.05, 3.63) is 0 Å². The van der Waals surface area contributed by atoms with Crippen LogP contribution in [-0.2, 0) is 19.1 Å². The molecule has 0 aliphatic carbocycles. The summed E-state index contributed by atoms with van der Waals surface area (Å²) >= 11 is 0. The van der Waals surface area contributed by atoms with Crippen molar-refractivity contribution in [2.75, 3.05) is 6.61 Å². The third-order valence-electron chi connectivity index (χ3n) is 3.78. The highest BCUT2D eigenvalue weighted by Gasteiger charge is 2.56. The Balaban J connectivity index is 3.34. The highest BCUT2D eigenvalue weighted by atomic mass is 16.7. The maximum atomic E-state index is 11.7. The largest absolute Gasteiger partial charge is 0.477 e. The first kappa shape index (κ1) is 20.4. The summed E-state index contributed by atoms with van der Waals surface area (Å²) in [5, 5.41) is 57.7. The van der Waals surface area contributed by atoms with Crippen LogP contribution in [0.3, 0.4) is 0 Å². The number of carboxylic acid groups (broad SMARTS) is 1. The Morgan fingerprint density at radius 1 is 1.25 bits per heavy atom. The normalized spacial score (nSPS) is 32.7. The summed E-state index contributed by atoms with van der Waals surface area (Å²) in [4.78, 5) is 35.1. The Morgan fingerprint density at radius 3 is 2.12 bits per heavy atom. The molecule has 11 nitrogen and oxygen atoms in total. The lowest BCUT2D eigenvalue weighted by molar-refractivity contribution is -0.302. The Bertz CT molecular complexity index is 497. The van der Waals surface area contributed by atoms with E-state index in [2.05, 4.69) is 0 Å². The number of aliphatic hydroxyl groups excluding tert-OH is 4. The average molecular weight is 351 g/mol. The van der Waals surface area contributed by atoms with E-state index in [1.807, 2.05) is 0 Å². The van der Waals surface area contributed by atoms with Crippen LogP contribution in [0.4, 0.5) is 0 Å². The smallest absolute Gasteiger partial charge is 0.364 e. The predicted molar refractivity (Wildman–Crippen MR) is 74.2 cm³/mol. The summed E-state index contributed by atoms with van der Waals surface area (Å²) in [5.41, 5.74) is 0. The molecule has 0 spiro atoms. The molecule has 138 valence electrons. The van der Waals surface area contributed by atoms with Gasteiger partial charge in [-0.3, -0.25) is 14.5 Å². The number of hydrogen-bond donors (Lipinski definition) is 6. The maximum Gasteiger partial charge on any atom is 0.364 e. The molecule has 1 heterocycles. The minimum atomic E-state index is -2.91. The van der Waals surface area contributed by atoms with Crippen LogP contribution in [0.15, 0.2) is 0 Å². The van der Waals surface area contributed by atoms with Crippen LogP contribution in [0.25, 0.3) is 0 Å². The highest BCUT2D eigenvalue weighted by molar-refractivity contribution is 5.93. The van der Waals surface area contributed by atoms with E-state index in [4.69, 9.17) is 14.9 Å². The molecule has 1 rings (SSSR count). The summed E-state index contributed by atoms with van der Waals surface area (Å²) in [7, 11) is 0. The van der Waals surface area contributed by atoms with Crippen molar-refractivity contribution in [2.45, 2.75) is 56.5 Å². The van der Waals surface area contributed by atoms with Gasteiger partial charge in [0.15, 0.2) is 0 Å². The Hall–Kier alpha value is -1.63. The van der Waals surface area contributed by atoms with Crippen LogP contribution in [0, 0.1) is 0 Å². The molecule has 0 aromatic carbocycles. The van der Waals surface area contributed by atoms with Crippen molar-refractivity contribution < 1.29 is 49.8 Å². The number of hydrogen-bond acceptors (Lipinski definition) is 9. The van der Waals surface area contributed by atoms with Crippen LogP contribution in [0.1, 0.15) is 20.3 Å². The zero-order chi connectivity index (χ0) is 18.8. The number of aliphatic carboxylic acids is 1. The zero-order valence-electron chi connectivity index (χ0n) is 13.1. The summed E-state index contributed by atoms with van der Waals surface area (Å²) in [5.74, 6) is -6.43. The standard InChI is InChI=1S/C13H21NO10/c1-5(16)14(6(2)17)9-7(18)3-13(23,12(21)22)24-11(9)10(20)8(19)4-15/h7-11,15,18-20,23H,3-4H2,1-2H3,(H,21,22)/t7-,8+,9+,10+,11+,13?/m0/s1. The van der Waals surface area contributed by atoms with Gasteiger partial charge in [0.05, 0.1) is 18.8 Å². The second kappa shape index (κ2) is 7.51. The van der Waals surface area contributed by atoms with Crippen molar-refractivity contribution in [3.63, 3.8) is 0 Å². The zero-order valence-corrected chi connectivity index (χ0v) is 13.1. The lowest BCUT2D eigenvalue weighted by Gasteiger charge is -2.47. The van der Waals surface area contributed by atoms with Gasteiger partial charge in [-0.1, -0.05) is 0 Å². The van der Waals surface area contributed by atoms with E-state index in [0.717, 1.165) is 13.8 Å². The lowest BCUT2D eigenvalue weighted by Crippen LogP contribution is -2.68. The molecule has 1 fully saturated rings. The minimum absolute atomic E-state index is 0.532. The third-order valence-corrected chi connectivity index (χ3v) is 3.78. The summed E-state index contributed by atoms with van der Waals surface area (Å²) in [6.45, 7) is 1.05.